The maximum Gasteiger partial charge on any atom is 0.331 e. The van der Waals surface area contributed by atoms with E-state index < -0.39 is 5.69 Å². The molecule has 5 rings (SSSR count). The molecule has 1 N–H and O–H groups in total. The van der Waals surface area contributed by atoms with Crippen LogP contribution in [0.3, 0.4) is 0 Å². The van der Waals surface area contributed by atoms with Gasteiger partial charge in [0.1, 0.15) is 16.0 Å². The van der Waals surface area contributed by atoms with Crippen LogP contribution in [0.5, 0.6) is 0 Å². The third kappa shape index (κ3) is 3.49. The summed E-state index contributed by atoms with van der Waals surface area (Å²) >= 11 is 9.07. The van der Waals surface area contributed by atoms with Gasteiger partial charge in [0.05, 0.1) is 34.6 Å². The zero-order chi connectivity index (χ0) is 21.2. The number of fused-ring (bicyclic) bond motifs is 3. The number of aryl methyl sites for hydroxylation is 1. The summed E-state index contributed by atoms with van der Waals surface area (Å²) in [6.07, 6.45) is 0. The molecule has 12 heteroatoms. The summed E-state index contributed by atoms with van der Waals surface area (Å²) in [6.45, 7) is 0.474. The van der Waals surface area contributed by atoms with Crippen molar-refractivity contribution in [2.75, 3.05) is 5.75 Å². The number of thioether (sulfide) groups is 1. The topological polar surface area (TPSA) is 95.2 Å². The van der Waals surface area contributed by atoms with Gasteiger partial charge >= 0.3 is 5.69 Å². The van der Waals surface area contributed by atoms with Crippen molar-refractivity contribution in [1.29, 1.82) is 0 Å². The van der Waals surface area contributed by atoms with Gasteiger partial charge in [-0.25, -0.2) is 9.78 Å². The number of aliphatic hydroxyl groups is 1. The van der Waals surface area contributed by atoms with Crippen LogP contribution >= 0.6 is 34.7 Å². The molecule has 0 amide bonds. The number of aliphatic hydroxyl groups excluding tert-OH is 1. The maximum absolute atomic E-state index is 13.2. The van der Waals surface area contributed by atoms with Crippen LogP contribution in [0, 0.1) is 0 Å². The van der Waals surface area contributed by atoms with Gasteiger partial charge in [-0.1, -0.05) is 0 Å². The first kappa shape index (κ1) is 22.9. The predicted octanol–water partition coefficient (Wildman–Crippen LogP) is 2.36. The molecule has 8 nitrogen and oxygen atoms in total. The zero-order valence-corrected chi connectivity index (χ0v) is 21.5. The minimum Gasteiger partial charge on any atom is -0.448 e. The molecule has 31 heavy (non-hydrogen) atoms. The van der Waals surface area contributed by atoms with E-state index in [0.29, 0.717) is 39.6 Å². The Balaban J connectivity index is 0.00000231. The van der Waals surface area contributed by atoms with Crippen molar-refractivity contribution in [2.45, 2.75) is 18.4 Å². The van der Waals surface area contributed by atoms with E-state index in [4.69, 9.17) is 16.0 Å². The summed E-state index contributed by atoms with van der Waals surface area (Å²) in [5.41, 5.74) is 1.84. The number of furan rings is 1. The minimum absolute atomic E-state index is 0. The minimum atomic E-state index is -0.394. The molecule has 0 aliphatic carbocycles. The Kier molecular flexibility index (Phi) is 6.34. The number of nitrogens with zero attached hydrogens (tertiary/aromatic N) is 4. The van der Waals surface area contributed by atoms with Gasteiger partial charge in [0.15, 0.2) is 5.22 Å². The van der Waals surface area contributed by atoms with Crippen LogP contribution in [-0.2, 0) is 27.2 Å². The second kappa shape index (κ2) is 8.58. The largest absolute Gasteiger partial charge is 0.448 e. The normalized spacial score (nSPS) is 15.8. The molecule has 4 aromatic heterocycles. The van der Waals surface area contributed by atoms with Gasteiger partial charge in [-0.15, -0.1) is 23.1 Å². The first-order chi connectivity index (χ1) is 14.4. The molecule has 1 unspecified atom stereocenters. The summed E-state index contributed by atoms with van der Waals surface area (Å²) in [4.78, 5) is 30.5. The van der Waals surface area contributed by atoms with Crippen molar-refractivity contribution in [2.24, 2.45) is 14.1 Å². The molecular weight excluding hydrogens is 471 g/mol. The van der Waals surface area contributed by atoms with Crippen LogP contribution in [-0.4, -0.2) is 59.1 Å². The number of rotatable bonds is 3. The van der Waals surface area contributed by atoms with E-state index in [1.165, 1.54) is 23.0 Å². The molecule has 0 bridgehead atoms. The Morgan fingerprint density at radius 2 is 2.06 bits per heavy atom. The summed E-state index contributed by atoms with van der Waals surface area (Å²) in [5, 5.41) is 12.4. The van der Waals surface area contributed by atoms with Gasteiger partial charge in [0.2, 0.25) is 0 Å². The number of hydrogen-bond donors (Lipinski definition) is 1. The summed E-state index contributed by atoms with van der Waals surface area (Å²) < 4.78 is 10.4. The van der Waals surface area contributed by atoms with E-state index in [-0.39, 0.29) is 52.2 Å². The van der Waals surface area contributed by atoms with Crippen molar-refractivity contribution in [3.63, 3.8) is 0 Å². The molecule has 5 heterocycles. The Labute approximate surface area is 211 Å². The monoisotopic (exact) mass is 487 g/mol. The number of halogens is 1. The van der Waals surface area contributed by atoms with Crippen molar-refractivity contribution >= 4 is 75.2 Å². The third-order valence-electron chi connectivity index (χ3n) is 5.32. The van der Waals surface area contributed by atoms with Gasteiger partial charge in [-0.05, 0) is 23.7 Å². The second-order valence-electron chi connectivity index (χ2n) is 7.01. The smallest absolute Gasteiger partial charge is 0.331 e. The van der Waals surface area contributed by atoms with Crippen molar-refractivity contribution in [3.8, 4) is 10.7 Å². The van der Waals surface area contributed by atoms with Crippen molar-refractivity contribution in [3.05, 3.63) is 60.7 Å². The van der Waals surface area contributed by atoms with Gasteiger partial charge in [-0.2, -0.15) is 0 Å². The van der Waals surface area contributed by atoms with Crippen LogP contribution in [0.2, 0.25) is 5.22 Å². The first-order valence-corrected chi connectivity index (χ1v) is 11.5. The summed E-state index contributed by atoms with van der Waals surface area (Å²) in [5.74, 6) is 1.46. The average Bonchev–Trinajstić information content (AvgIpc) is 3.46. The van der Waals surface area contributed by atoms with Crippen LogP contribution in [0.15, 0.2) is 31.5 Å². The molecule has 1 aliphatic rings. The Hall–Kier alpha value is -1.27. The van der Waals surface area contributed by atoms with Gasteiger partial charge in [0.25, 0.3) is 5.56 Å². The van der Waals surface area contributed by atoms with E-state index in [0.717, 1.165) is 16.0 Å². The molecule has 0 saturated carbocycles. The molecule has 1 atom stereocenters. The van der Waals surface area contributed by atoms with E-state index in [1.807, 2.05) is 6.07 Å². The number of aromatic nitrogens is 4. The second-order valence-corrected chi connectivity index (χ2v) is 9.45. The summed E-state index contributed by atoms with van der Waals surface area (Å²) in [6, 6.07) is 3.51. The first-order valence-electron chi connectivity index (χ1n) is 9.17. The molecule has 4 aromatic rings. The van der Waals surface area contributed by atoms with Crippen LogP contribution in [0.1, 0.15) is 22.4 Å². The molecule has 1 aliphatic heterocycles. The third-order valence-corrected chi connectivity index (χ3v) is 7.63. The van der Waals surface area contributed by atoms with Crippen LogP contribution in [0.25, 0.3) is 21.6 Å². The van der Waals surface area contributed by atoms with Crippen molar-refractivity contribution < 1.29 is 9.52 Å². The standard InChI is InChI=1S/C19H17ClN4O4S2.Na/c1-22-13-12(18(26)23(2)19(22)27)14(17-21-9(7-25)8-30-17)24-5-6-29-16(15(13)24)10-3-4-11(20)28-10;/h3-4,8,16,25H,5-7H2,1-2H3;. The SMILES string of the molecule is Cn1c(=O)c2c(-c3nc(CO)cs3)n3c(c2n(C)c1=O)C(c1ccc(Cl)o1)SCC3.[Na]. The fraction of sp³-hybridized carbons (Fsp3) is 0.316. The zero-order valence-electron chi connectivity index (χ0n) is 17.1. The van der Waals surface area contributed by atoms with Crippen LogP contribution in [0.4, 0.5) is 0 Å². The number of hydrogen-bond acceptors (Lipinski definition) is 7. The average molecular weight is 488 g/mol. The number of thiazole rings is 1. The van der Waals surface area contributed by atoms with E-state index in [1.54, 1.807) is 30.3 Å². The Morgan fingerprint density at radius 3 is 2.71 bits per heavy atom. The van der Waals surface area contributed by atoms with Gasteiger partial charge in [-0.3, -0.25) is 13.9 Å². The van der Waals surface area contributed by atoms with Crippen molar-refractivity contribution in [1.82, 2.24) is 18.7 Å². The fourth-order valence-electron chi connectivity index (χ4n) is 3.98. The molecule has 0 saturated heterocycles. The summed E-state index contributed by atoms with van der Waals surface area (Å²) in [7, 11) is 3.14. The predicted molar refractivity (Wildman–Crippen MR) is 123 cm³/mol. The van der Waals surface area contributed by atoms with Gasteiger partial charge < -0.3 is 14.1 Å². The van der Waals surface area contributed by atoms with E-state index in [9.17, 15) is 14.7 Å². The molecule has 0 spiro atoms. The van der Waals surface area contributed by atoms with E-state index >= 15 is 0 Å². The van der Waals surface area contributed by atoms with Gasteiger partial charge in [0, 0.05) is 61.3 Å². The quantitative estimate of drug-likeness (QED) is 0.446. The van der Waals surface area contributed by atoms with E-state index in [2.05, 4.69) is 9.55 Å². The fourth-order valence-corrected chi connectivity index (χ4v) is 6.21. The molecule has 1 radical (unpaired) electrons. The maximum atomic E-state index is 13.2. The molecule has 157 valence electrons. The molecule has 0 fully saturated rings. The molecular formula is C19H17ClN4NaO4S2. The Morgan fingerprint density at radius 1 is 1.29 bits per heavy atom. The Bertz CT molecular complexity index is 1420. The molecule has 0 aromatic carbocycles. The van der Waals surface area contributed by atoms with Crippen LogP contribution < -0.4 is 11.2 Å².